The van der Waals surface area contributed by atoms with Crippen molar-refractivity contribution in [1.29, 1.82) is 0 Å². The molecule has 3 rings (SSSR count). The van der Waals surface area contributed by atoms with Crippen LogP contribution in [0.25, 0.3) is 0 Å². The third-order valence-corrected chi connectivity index (χ3v) is 4.45. The van der Waals surface area contributed by atoms with Gasteiger partial charge in [-0.3, -0.25) is 4.79 Å². The molecule has 2 aromatic rings. The molecule has 1 aromatic carbocycles. The highest BCUT2D eigenvalue weighted by atomic mass is 16.5. The number of hydrogen-bond acceptors (Lipinski definition) is 6. The van der Waals surface area contributed by atoms with Crippen LogP contribution in [-0.4, -0.2) is 46.2 Å². The number of benzene rings is 1. The molecule has 150 valence electrons. The van der Waals surface area contributed by atoms with Gasteiger partial charge in [0.05, 0.1) is 12.6 Å². The maximum Gasteiger partial charge on any atom is 0.322 e. The Kier molecular flexibility index (Phi) is 5.93. The summed E-state index contributed by atoms with van der Waals surface area (Å²) in [5.41, 5.74) is 2.18. The minimum absolute atomic E-state index is 0.0826. The molecule has 1 fully saturated rings. The lowest BCUT2D eigenvalue weighted by atomic mass is 10.1. The standard InChI is InChI=1S/C19H25N5O4/c1-5-17(25)20-14-7-6-11(2)15(8-14)21-19(26)24-9-12(3)27-16(10-24)18-23-22-13(4)28-18/h6-8,12,16H,5,9-10H2,1-4H3,(H,20,25)(H,21,26)/t12-,16-/m1/s1. The van der Waals surface area contributed by atoms with Crippen LogP contribution in [-0.2, 0) is 9.53 Å². The van der Waals surface area contributed by atoms with Gasteiger partial charge in [0, 0.05) is 31.3 Å². The van der Waals surface area contributed by atoms with E-state index in [0.717, 1.165) is 5.56 Å². The average molecular weight is 387 g/mol. The Morgan fingerprint density at radius 2 is 2.00 bits per heavy atom. The zero-order valence-electron chi connectivity index (χ0n) is 16.5. The second-order valence-electron chi connectivity index (χ2n) is 6.86. The fourth-order valence-electron chi connectivity index (χ4n) is 2.97. The molecule has 0 unspecified atom stereocenters. The fraction of sp³-hybridized carbons (Fsp3) is 0.474. The molecular formula is C19H25N5O4. The number of carbonyl (C=O) groups excluding carboxylic acids is 2. The number of urea groups is 1. The van der Waals surface area contributed by atoms with Gasteiger partial charge >= 0.3 is 6.03 Å². The molecule has 0 radical (unpaired) electrons. The van der Waals surface area contributed by atoms with Crippen molar-refractivity contribution in [2.24, 2.45) is 0 Å². The molecule has 2 heterocycles. The summed E-state index contributed by atoms with van der Waals surface area (Å²) < 4.78 is 11.3. The maximum absolute atomic E-state index is 12.8. The van der Waals surface area contributed by atoms with Crippen molar-refractivity contribution in [2.75, 3.05) is 23.7 Å². The normalized spacial score (nSPS) is 19.4. The summed E-state index contributed by atoms with van der Waals surface area (Å²) in [4.78, 5) is 26.1. The predicted octanol–water partition coefficient (Wildman–Crippen LogP) is 3.03. The number of carbonyl (C=O) groups is 2. The number of aryl methyl sites for hydroxylation is 2. The Hall–Kier alpha value is -2.94. The van der Waals surface area contributed by atoms with Gasteiger partial charge in [-0.05, 0) is 31.5 Å². The number of amides is 3. The molecule has 28 heavy (non-hydrogen) atoms. The van der Waals surface area contributed by atoms with E-state index in [0.29, 0.717) is 42.7 Å². The van der Waals surface area contributed by atoms with E-state index < -0.39 is 6.10 Å². The molecule has 1 aromatic heterocycles. The van der Waals surface area contributed by atoms with E-state index in [9.17, 15) is 9.59 Å². The number of ether oxygens (including phenoxy) is 1. The van der Waals surface area contributed by atoms with Crippen LogP contribution in [0.1, 0.15) is 43.7 Å². The van der Waals surface area contributed by atoms with E-state index in [2.05, 4.69) is 20.8 Å². The summed E-state index contributed by atoms with van der Waals surface area (Å²) in [5, 5.41) is 13.6. The lowest BCUT2D eigenvalue weighted by Gasteiger charge is -2.35. The molecule has 0 bridgehead atoms. The van der Waals surface area contributed by atoms with E-state index in [1.165, 1.54) is 0 Å². The number of anilines is 2. The number of nitrogens with one attached hydrogen (secondary N) is 2. The first-order chi connectivity index (χ1) is 13.4. The summed E-state index contributed by atoms with van der Waals surface area (Å²) in [5.74, 6) is 0.734. The van der Waals surface area contributed by atoms with E-state index in [1.54, 1.807) is 24.8 Å². The molecule has 1 aliphatic heterocycles. The third-order valence-electron chi connectivity index (χ3n) is 4.45. The molecule has 1 aliphatic rings. The van der Waals surface area contributed by atoms with Gasteiger partial charge < -0.3 is 24.7 Å². The van der Waals surface area contributed by atoms with Crippen LogP contribution < -0.4 is 10.6 Å². The number of hydrogen-bond donors (Lipinski definition) is 2. The Bertz CT molecular complexity index is 866. The first-order valence-corrected chi connectivity index (χ1v) is 9.27. The van der Waals surface area contributed by atoms with Crippen molar-refractivity contribution in [3.05, 3.63) is 35.5 Å². The minimum Gasteiger partial charge on any atom is -0.423 e. The highest BCUT2D eigenvalue weighted by molar-refractivity contribution is 5.94. The van der Waals surface area contributed by atoms with Gasteiger partial charge in [-0.15, -0.1) is 10.2 Å². The van der Waals surface area contributed by atoms with Gasteiger partial charge in [0.1, 0.15) is 0 Å². The first kappa shape index (κ1) is 19.8. The lowest BCUT2D eigenvalue weighted by Crippen LogP contribution is -2.47. The van der Waals surface area contributed by atoms with Gasteiger partial charge in [-0.2, -0.15) is 0 Å². The van der Waals surface area contributed by atoms with E-state index >= 15 is 0 Å². The Morgan fingerprint density at radius 1 is 1.21 bits per heavy atom. The third kappa shape index (κ3) is 4.66. The van der Waals surface area contributed by atoms with Crippen molar-refractivity contribution >= 4 is 23.3 Å². The van der Waals surface area contributed by atoms with Crippen molar-refractivity contribution in [3.8, 4) is 0 Å². The van der Waals surface area contributed by atoms with E-state index in [1.807, 2.05) is 26.0 Å². The minimum atomic E-state index is -0.466. The van der Waals surface area contributed by atoms with Gasteiger partial charge in [-0.1, -0.05) is 13.0 Å². The SMILES string of the molecule is CCC(=O)Nc1ccc(C)c(NC(=O)N2C[C@@H](C)O[C@@H](c3nnc(C)o3)C2)c1. The number of nitrogens with zero attached hydrogens (tertiary/aromatic N) is 3. The topological polar surface area (TPSA) is 110 Å². The zero-order chi connectivity index (χ0) is 20.3. The molecule has 2 N–H and O–H groups in total. The predicted molar refractivity (Wildman–Crippen MR) is 103 cm³/mol. The lowest BCUT2D eigenvalue weighted by molar-refractivity contribution is -0.115. The van der Waals surface area contributed by atoms with Gasteiger partial charge in [0.2, 0.25) is 17.7 Å². The quantitative estimate of drug-likeness (QED) is 0.834. The van der Waals surface area contributed by atoms with Gasteiger partial charge in [0.25, 0.3) is 0 Å². The van der Waals surface area contributed by atoms with Crippen LogP contribution in [0.3, 0.4) is 0 Å². The summed E-state index contributed by atoms with van der Waals surface area (Å²) in [6.07, 6.45) is -0.252. The highest BCUT2D eigenvalue weighted by Crippen LogP contribution is 2.26. The number of rotatable bonds is 4. The average Bonchev–Trinajstić information content (AvgIpc) is 3.10. The Balaban J connectivity index is 1.71. The molecule has 3 amide bonds. The molecule has 0 saturated carbocycles. The smallest absolute Gasteiger partial charge is 0.322 e. The van der Waals surface area contributed by atoms with Gasteiger partial charge in [-0.25, -0.2) is 4.79 Å². The molecule has 0 aliphatic carbocycles. The second-order valence-corrected chi connectivity index (χ2v) is 6.86. The monoisotopic (exact) mass is 387 g/mol. The second kappa shape index (κ2) is 8.39. The van der Waals surface area contributed by atoms with Crippen molar-refractivity contribution in [1.82, 2.24) is 15.1 Å². The van der Waals surface area contributed by atoms with Crippen LogP contribution >= 0.6 is 0 Å². The molecule has 2 atom stereocenters. The summed E-state index contributed by atoms with van der Waals surface area (Å²) in [7, 11) is 0. The largest absolute Gasteiger partial charge is 0.423 e. The fourth-order valence-corrected chi connectivity index (χ4v) is 2.97. The van der Waals surface area contributed by atoms with Crippen LogP contribution in [0.5, 0.6) is 0 Å². The molecule has 9 nitrogen and oxygen atoms in total. The van der Waals surface area contributed by atoms with Gasteiger partial charge in [0.15, 0.2) is 6.10 Å². The molecular weight excluding hydrogens is 362 g/mol. The first-order valence-electron chi connectivity index (χ1n) is 9.27. The summed E-state index contributed by atoms with van der Waals surface area (Å²) in [6.45, 7) is 8.03. The van der Waals surface area contributed by atoms with E-state index in [-0.39, 0.29) is 18.0 Å². The highest BCUT2D eigenvalue weighted by Gasteiger charge is 2.32. The zero-order valence-corrected chi connectivity index (χ0v) is 16.5. The van der Waals surface area contributed by atoms with Crippen molar-refractivity contribution < 1.29 is 18.7 Å². The van der Waals surface area contributed by atoms with Crippen molar-refractivity contribution in [3.63, 3.8) is 0 Å². The van der Waals surface area contributed by atoms with Crippen molar-refractivity contribution in [2.45, 2.75) is 46.3 Å². The number of morpholine rings is 1. The molecule has 1 saturated heterocycles. The maximum atomic E-state index is 12.8. The van der Waals surface area contributed by atoms with E-state index in [4.69, 9.17) is 9.15 Å². The van der Waals surface area contributed by atoms with Crippen LogP contribution in [0, 0.1) is 13.8 Å². The molecule has 9 heteroatoms. The van der Waals surface area contributed by atoms with Crippen LogP contribution in [0.2, 0.25) is 0 Å². The summed E-state index contributed by atoms with van der Waals surface area (Å²) in [6, 6.07) is 5.16. The van der Waals surface area contributed by atoms with Crippen LogP contribution in [0.4, 0.5) is 16.2 Å². The summed E-state index contributed by atoms with van der Waals surface area (Å²) >= 11 is 0. The van der Waals surface area contributed by atoms with Crippen LogP contribution in [0.15, 0.2) is 22.6 Å². The number of aromatic nitrogens is 2. The molecule has 0 spiro atoms. The Labute approximate surface area is 163 Å². The Morgan fingerprint density at radius 3 is 2.68 bits per heavy atom.